The Morgan fingerprint density at radius 3 is 1.51 bits per heavy atom. The fourth-order valence-electron chi connectivity index (χ4n) is 3.12. The summed E-state index contributed by atoms with van der Waals surface area (Å²) in [7, 11) is 0. The van der Waals surface area contributed by atoms with Gasteiger partial charge in [0.25, 0.3) is 0 Å². The number of hydrogen-bond acceptors (Lipinski definition) is 9. The van der Waals surface area contributed by atoms with Gasteiger partial charge in [-0.1, -0.05) is 36.4 Å². The van der Waals surface area contributed by atoms with E-state index in [-0.39, 0.29) is 75.9 Å². The third-order valence-corrected chi connectivity index (χ3v) is 4.91. The summed E-state index contributed by atoms with van der Waals surface area (Å²) in [5, 5.41) is 47.8. The van der Waals surface area contributed by atoms with E-state index in [0.717, 1.165) is 11.1 Å². The van der Waals surface area contributed by atoms with Crippen LogP contribution >= 0.6 is 0 Å². The van der Waals surface area contributed by atoms with Crippen molar-refractivity contribution >= 4 is 34.7 Å². The van der Waals surface area contributed by atoms with Gasteiger partial charge in [0.1, 0.15) is 5.75 Å². The number of carbonyl (C=O) groups is 2. The quantitative estimate of drug-likeness (QED) is 0.240. The zero-order chi connectivity index (χ0) is 24.8. The number of phenols is 1. The number of benzene rings is 4. The van der Waals surface area contributed by atoms with Crippen LogP contribution in [0.5, 0.6) is 5.75 Å². The van der Waals surface area contributed by atoms with Crippen molar-refractivity contribution < 1.29 is 84.0 Å². The molecule has 9 nitrogen and oxygen atoms in total. The second-order valence-corrected chi connectivity index (χ2v) is 7.32. The van der Waals surface area contributed by atoms with Crippen LogP contribution in [-0.2, 0) is 0 Å². The van der Waals surface area contributed by atoms with E-state index in [1.54, 1.807) is 36.4 Å². The Bertz CT molecular complexity index is 1460. The van der Waals surface area contributed by atoms with Gasteiger partial charge in [0, 0.05) is 5.56 Å². The summed E-state index contributed by atoms with van der Waals surface area (Å²) in [6.07, 6.45) is 0. The van der Waals surface area contributed by atoms with Crippen LogP contribution in [0.1, 0.15) is 20.7 Å². The number of carboxylic acid groups (broad SMARTS) is 2. The van der Waals surface area contributed by atoms with Gasteiger partial charge in [-0.2, -0.15) is 20.5 Å². The van der Waals surface area contributed by atoms with Crippen molar-refractivity contribution in [3.63, 3.8) is 0 Å². The van der Waals surface area contributed by atoms with Gasteiger partial charge in [0.15, 0.2) is 0 Å². The molecule has 1 N–H and O–H groups in total. The summed E-state index contributed by atoms with van der Waals surface area (Å²) in [5.41, 5.74) is 3.37. The zero-order valence-electron chi connectivity index (χ0n) is 20.0. The van der Waals surface area contributed by atoms with E-state index in [1.807, 2.05) is 24.3 Å². The molecule has 4 aromatic carbocycles. The number of aromatic carboxylic acids is 2. The minimum atomic E-state index is -1.50. The second-order valence-electron chi connectivity index (χ2n) is 7.32. The minimum absolute atomic E-state index is 0. The normalized spacial score (nSPS) is 10.6. The molecule has 0 atom stereocenters. The van der Waals surface area contributed by atoms with Crippen molar-refractivity contribution in [2.75, 3.05) is 0 Å². The first kappa shape index (κ1) is 30.0. The summed E-state index contributed by atoms with van der Waals surface area (Å²) < 4.78 is 0. The number of aromatic hydroxyl groups is 1. The molecule has 0 spiro atoms. The average molecular weight is 510 g/mol. The van der Waals surface area contributed by atoms with Crippen LogP contribution in [0.4, 0.5) is 22.7 Å². The predicted octanol–water partition coefficient (Wildman–Crippen LogP) is -1.37. The number of nitrogens with zero attached hydrogens (tertiary/aromatic N) is 4. The molecule has 0 heterocycles. The summed E-state index contributed by atoms with van der Waals surface area (Å²) in [4.78, 5) is 21.9. The molecule has 0 aliphatic heterocycles. The molecule has 4 aromatic rings. The summed E-state index contributed by atoms with van der Waals surface area (Å²) in [6, 6.07) is 24.4. The molecule has 0 amide bonds. The minimum Gasteiger partial charge on any atom is -0.545 e. The summed E-state index contributed by atoms with van der Waals surface area (Å²) in [6.45, 7) is 0. The van der Waals surface area contributed by atoms with Gasteiger partial charge in [-0.25, -0.2) is 0 Å². The van der Waals surface area contributed by atoms with Crippen LogP contribution in [0.3, 0.4) is 0 Å². The van der Waals surface area contributed by atoms with Gasteiger partial charge in [-0.05, 0) is 71.3 Å². The SMILES string of the molecule is O=C([O-])c1cccc(N=Nc2ccc(-c3ccc(N=Nc4ccc(O)c(C(=O)[O-])c4)cc3)cc2)c1.[Na+].[Na+]. The Kier molecular flexibility index (Phi) is 11.3. The predicted molar refractivity (Wildman–Crippen MR) is 123 cm³/mol. The molecule has 0 saturated heterocycles. The van der Waals surface area contributed by atoms with Crippen LogP contribution in [-0.4, -0.2) is 17.0 Å². The molecular weight excluding hydrogens is 494 g/mol. The van der Waals surface area contributed by atoms with Crippen molar-refractivity contribution in [1.29, 1.82) is 0 Å². The van der Waals surface area contributed by atoms with Gasteiger partial charge in [0.2, 0.25) is 0 Å². The van der Waals surface area contributed by atoms with E-state index in [9.17, 15) is 24.9 Å². The van der Waals surface area contributed by atoms with E-state index in [4.69, 9.17) is 0 Å². The van der Waals surface area contributed by atoms with Crippen molar-refractivity contribution in [2.24, 2.45) is 20.5 Å². The molecule has 0 bridgehead atoms. The zero-order valence-corrected chi connectivity index (χ0v) is 24.0. The molecule has 0 saturated carbocycles. The Morgan fingerprint density at radius 1 is 0.568 bits per heavy atom. The smallest absolute Gasteiger partial charge is 0.545 e. The maximum atomic E-state index is 11.0. The molecule has 172 valence electrons. The van der Waals surface area contributed by atoms with Crippen LogP contribution in [0.25, 0.3) is 11.1 Å². The Labute approximate surface area is 256 Å². The Hall–Kier alpha value is -3.18. The standard InChI is InChI=1S/C26H18N4O5.2Na/c31-24-13-12-22(15-23(24)26(34)35)30-28-20-10-6-17(7-11-20)16-4-8-19(9-5-16)27-29-21-3-1-2-18(14-21)25(32)33;;/h1-15,31H,(H,32,33)(H,34,35);;/q;2*+1/p-2. The third kappa shape index (κ3) is 8.16. The van der Waals surface area contributed by atoms with E-state index in [2.05, 4.69) is 20.5 Å². The fourth-order valence-corrected chi connectivity index (χ4v) is 3.12. The maximum absolute atomic E-state index is 11.0. The topological polar surface area (TPSA) is 150 Å². The second kappa shape index (κ2) is 13.9. The van der Waals surface area contributed by atoms with Gasteiger partial charge >= 0.3 is 59.1 Å². The molecule has 11 heteroatoms. The van der Waals surface area contributed by atoms with Crippen molar-refractivity contribution in [2.45, 2.75) is 0 Å². The Morgan fingerprint density at radius 2 is 1.03 bits per heavy atom. The molecule has 0 unspecified atom stereocenters. The number of carboxylic acids is 2. The maximum Gasteiger partial charge on any atom is 1.00 e. The fraction of sp³-hybridized carbons (Fsp3) is 0. The van der Waals surface area contributed by atoms with Crippen LogP contribution in [0.2, 0.25) is 0 Å². The molecule has 0 fully saturated rings. The Balaban J connectivity index is 0.00000241. The molecule has 37 heavy (non-hydrogen) atoms. The van der Waals surface area contributed by atoms with Crippen molar-refractivity contribution in [3.05, 3.63) is 102 Å². The van der Waals surface area contributed by atoms with Crippen LogP contribution in [0.15, 0.2) is 111 Å². The van der Waals surface area contributed by atoms with E-state index in [1.165, 1.54) is 30.3 Å². The molecular formula is C26H16N4Na2O5. The first-order valence-electron chi connectivity index (χ1n) is 10.3. The van der Waals surface area contributed by atoms with Crippen LogP contribution in [0, 0.1) is 0 Å². The van der Waals surface area contributed by atoms with Gasteiger partial charge < -0.3 is 24.9 Å². The molecule has 0 aliphatic carbocycles. The first-order valence-corrected chi connectivity index (χ1v) is 10.3. The molecule has 0 aromatic heterocycles. The van der Waals surface area contributed by atoms with Gasteiger partial charge in [-0.15, -0.1) is 0 Å². The van der Waals surface area contributed by atoms with Gasteiger partial charge in [-0.3, -0.25) is 0 Å². The number of rotatable bonds is 7. The molecule has 4 rings (SSSR count). The van der Waals surface area contributed by atoms with Crippen molar-refractivity contribution in [1.82, 2.24) is 0 Å². The average Bonchev–Trinajstić information content (AvgIpc) is 2.87. The van der Waals surface area contributed by atoms with E-state index in [0.29, 0.717) is 17.1 Å². The summed E-state index contributed by atoms with van der Waals surface area (Å²) in [5.74, 6) is -3.17. The van der Waals surface area contributed by atoms with Crippen LogP contribution < -0.4 is 69.3 Å². The number of azo groups is 2. The molecule has 0 aliphatic rings. The third-order valence-electron chi connectivity index (χ3n) is 4.91. The van der Waals surface area contributed by atoms with E-state index >= 15 is 0 Å². The number of carbonyl (C=O) groups excluding carboxylic acids is 2. The molecule has 0 radical (unpaired) electrons. The van der Waals surface area contributed by atoms with Crippen molar-refractivity contribution in [3.8, 4) is 16.9 Å². The number of hydrogen-bond donors (Lipinski definition) is 1. The largest absolute Gasteiger partial charge is 1.00 e. The summed E-state index contributed by atoms with van der Waals surface area (Å²) >= 11 is 0. The van der Waals surface area contributed by atoms with Gasteiger partial charge in [0.05, 0.1) is 34.7 Å². The van der Waals surface area contributed by atoms with E-state index < -0.39 is 17.7 Å². The first-order chi connectivity index (χ1) is 16.9. The monoisotopic (exact) mass is 510 g/mol.